The Bertz CT molecular complexity index is 1170. The van der Waals surface area contributed by atoms with Crippen LogP contribution in [0.3, 0.4) is 0 Å². The maximum Gasteiger partial charge on any atom is 0.405 e. The molecular weight excluding hydrogens is 461 g/mol. The van der Waals surface area contributed by atoms with Crippen LogP contribution in [0.4, 0.5) is 19.0 Å². The van der Waals surface area contributed by atoms with Crippen LogP contribution in [0.5, 0.6) is 0 Å². The molecule has 1 unspecified atom stereocenters. The number of nitrogens with one attached hydrogen (secondary N) is 2. The normalized spacial score (nSPS) is 18.6. The van der Waals surface area contributed by atoms with Gasteiger partial charge in [0.15, 0.2) is 5.82 Å². The molecule has 2 N–H and O–H groups in total. The Labute approximate surface area is 193 Å². The number of rotatable bonds is 7. The van der Waals surface area contributed by atoms with Gasteiger partial charge in [-0.25, -0.2) is 15.0 Å². The number of hydrogen-bond acceptors (Lipinski definition) is 6. The number of carbonyl (C=O) groups excluding carboxylic acids is 1. The minimum atomic E-state index is -4.51. The number of anilines is 1. The van der Waals surface area contributed by atoms with Gasteiger partial charge in [0.2, 0.25) is 5.91 Å². The van der Waals surface area contributed by atoms with Gasteiger partial charge in [0, 0.05) is 43.9 Å². The van der Waals surface area contributed by atoms with Crippen molar-refractivity contribution in [3.8, 4) is 11.4 Å². The van der Waals surface area contributed by atoms with Crippen LogP contribution < -0.4 is 10.2 Å². The van der Waals surface area contributed by atoms with Gasteiger partial charge in [0.1, 0.15) is 24.1 Å². The molecule has 0 radical (unpaired) electrons. The molecular formula is C21H22ClF3N6O2. The van der Waals surface area contributed by atoms with Gasteiger partial charge < -0.3 is 19.9 Å². The summed E-state index contributed by atoms with van der Waals surface area (Å²) in [4.78, 5) is 30.4. The van der Waals surface area contributed by atoms with E-state index in [0.29, 0.717) is 33.3 Å². The van der Waals surface area contributed by atoms with Crippen molar-refractivity contribution >= 4 is 34.4 Å². The van der Waals surface area contributed by atoms with E-state index < -0.39 is 24.7 Å². The Morgan fingerprint density at radius 1 is 1.45 bits per heavy atom. The number of pyridine rings is 1. The molecule has 0 aromatic carbocycles. The van der Waals surface area contributed by atoms with Crippen LogP contribution in [0, 0.1) is 0 Å². The first-order valence-electron chi connectivity index (χ1n) is 10.0. The second kappa shape index (κ2) is 9.36. The first-order chi connectivity index (χ1) is 15.7. The monoisotopic (exact) mass is 482 g/mol. The van der Waals surface area contributed by atoms with Crippen LogP contribution in [0.15, 0.2) is 43.4 Å². The zero-order valence-electron chi connectivity index (χ0n) is 17.3. The quantitative estimate of drug-likeness (QED) is 0.498. The summed E-state index contributed by atoms with van der Waals surface area (Å²) < 4.78 is 43.6. The van der Waals surface area contributed by atoms with Crippen LogP contribution >= 0.6 is 11.6 Å². The van der Waals surface area contributed by atoms with E-state index in [2.05, 4.69) is 26.5 Å². The zero-order chi connectivity index (χ0) is 23.6. The third kappa shape index (κ3) is 5.25. The molecule has 8 nitrogen and oxygen atoms in total. The Hall–Kier alpha value is -3.18. The highest BCUT2D eigenvalue weighted by molar-refractivity contribution is 6.31. The predicted octanol–water partition coefficient (Wildman–Crippen LogP) is 3.75. The van der Waals surface area contributed by atoms with Crippen molar-refractivity contribution < 1.29 is 24.1 Å². The lowest BCUT2D eigenvalue weighted by Crippen LogP contribution is -2.46. The fraction of sp³-hybridized carbons (Fsp3) is 0.333. The maximum atomic E-state index is 12.6. The molecule has 4 heterocycles. The van der Waals surface area contributed by atoms with Crippen molar-refractivity contribution in [1.82, 2.24) is 25.3 Å². The van der Waals surface area contributed by atoms with Gasteiger partial charge >= 0.3 is 6.18 Å². The summed E-state index contributed by atoms with van der Waals surface area (Å²) >= 11 is 6.07. The largest absolute Gasteiger partial charge is 0.405 e. The van der Waals surface area contributed by atoms with E-state index in [1.807, 2.05) is 5.32 Å². The third-order valence-electron chi connectivity index (χ3n) is 5.15. The Morgan fingerprint density at radius 3 is 3.03 bits per heavy atom. The molecule has 0 bridgehead atoms. The van der Waals surface area contributed by atoms with E-state index in [9.17, 15) is 18.0 Å². The van der Waals surface area contributed by atoms with Gasteiger partial charge in [-0.1, -0.05) is 17.7 Å². The van der Waals surface area contributed by atoms with Gasteiger partial charge in [-0.2, -0.15) is 13.2 Å². The Balaban J connectivity index is 0.00000324. The number of fused-ring (bicyclic) bond motifs is 1. The number of ether oxygens (including phenoxy) is 1. The standard InChI is InChI=1S/C21H20ClF3N6O2.H2/c1-2-5-33-13-7-16(20(32)29-11-21(23,24)25)31(10-13)17-3-4-26-19(30-17)15-9-28-18-14(15)6-12(22)8-27-18;/h2-4,6,8-9,13,16H,1,5,7,10-11H2,(H,27,28)(H,29,32);1H/t13?,16-;/m0./s1. The van der Waals surface area contributed by atoms with E-state index in [0.717, 1.165) is 0 Å². The van der Waals surface area contributed by atoms with Crippen molar-refractivity contribution in [2.24, 2.45) is 0 Å². The molecule has 0 aliphatic carbocycles. The van der Waals surface area contributed by atoms with Gasteiger partial charge in [0.05, 0.1) is 17.7 Å². The Morgan fingerprint density at radius 2 is 2.27 bits per heavy atom. The molecule has 0 saturated carbocycles. The number of alkyl halides is 3. The third-order valence-corrected chi connectivity index (χ3v) is 5.36. The summed E-state index contributed by atoms with van der Waals surface area (Å²) in [6.07, 6.45) is 1.63. The van der Waals surface area contributed by atoms with E-state index in [1.54, 1.807) is 29.3 Å². The summed E-state index contributed by atoms with van der Waals surface area (Å²) in [7, 11) is 0. The van der Waals surface area contributed by atoms with E-state index in [1.165, 1.54) is 12.4 Å². The number of carbonyl (C=O) groups is 1. The number of aromatic amines is 1. The number of amides is 1. The molecule has 1 amide bonds. The molecule has 2 atom stereocenters. The zero-order valence-corrected chi connectivity index (χ0v) is 18.0. The molecule has 1 saturated heterocycles. The molecule has 3 aromatic heterocycles. The Kier molecular flexibility index (Phi) is 6.52. The van der Waals surface area contributed by atoms with E-state index in [4.69, 9.17) is 16.3 Å². The maximum absolute atomic E-state index is 12.6. The summed E-state index contributed by atoms with van der Waals surface area (Å²) in [6, 6.07) is 2.45. The first-order valence-corrected chi connectivity index (χ1v) is 10.4. The summed E-state index contributed by atoms with van der Waals surface area (Å²) in [5.74, 6) is -0.00538. The summed E-state index contributed by atoms with van der Waals surface area (Å²) in [5.41, 5.74) is 1.26. The van der Waals surface area contributed by atoms with Crippen molar-refractivity contribution in [3.63, 3.8) is 0 Å². The van der Waals surface area contributed by atoms with Crippen molar-refractivity contribution in [1.29, 1.82) is 0 Å². The fourth-order valence-electron chi connectivity index (χ4n) is 3.73. The molecule has 33 heavy (non-hydrogen) atoms. The topological polar surface area (TPSA) is 96.0 Å². The predicted molar refractivity (Wildman–Crippen MR) is 119 cm³/mol. The van der Waals surface area contributed by atoms with Crippen LogP contribution in [0.1, 0.15) is 7.85 Å². The molecule has 176 valence electrons. The summed E-state index contributed by atoms with van der Waals surface area (Å²) in [5, 5.41) is 3.12. The molecule has 0 spiro atoms. The average Bonchev–Trinajstić information content (AvgIpc) is 3.40. The SMILES string of the molecule is C=CCOC1C[C@@H](C(=O)NCC(F)(F)F)N(c2ccnc(-c3c[nH]c4ncc(Cl)cc34)n2)C1.[HH]. The van der Waals surface area contributed by atoms with Crippen molar-refractivity contribution in [3.05, 3.63) is 48.4 Å². The van der Waals surface area contributed by atoms with Crippen LogP contribution in [0.2, 0.25) is 5.02 Å². The summed E-state index contributed by atoms with van der Waals surface area (Å²) in [6.45, 7) is 2.72. The average molecular weight is 483 g/mol. The number of nitrogens with zero attached hydrogens (tertiary/aromatic N) is 4. The van der Waals surface area contributed by atoms with E-state index >= 15 is 0 Å². The fourth-order valence-corrected chi connectivity index (χ4v) is 3.89. The molecule has 1 fully saturated rings. The second-order valence-electron chi connectivity index (χ2n) is 7.47. The molecule has 1 aliphatic rings. The van der Waals surface area contributed by atoms with Crippen LogP contribution in [-0.2, 0) is 9.53 Å². The minimum absolute atomic E-state index is 0. The van der Waals surface area contributed by atoms with Crippen molar-refractivity contribution in [2.75, 3.05) is 24.6 Å². The highest BCUT2D eigenvalue weighted by Crippen LogP contribution is 2.31. The number of hydrogen-bond donors (Lipinski definition) is 2. The highest BCUT2D eigenvalue weighted by Gasteiger charge is 2.39. The lowest BCUT2D eigenvalue weighted by molar-refractivity contribution is -0.139. The van der Waals surface area contributed by atoms with Gasteiger partial charge in [-0.15, -0.1) is 6.58 Å². The molecule has 3 aromatic rings. The van der Waals surface area contributed by atoms with Gasteiger partial charge in [0.25, 0.3) is 0 Å². The van der Waals surface area contributed by atoms with E-state index in [-0.39, 0.29) is 27.1 Å². The van der Waals surface area contributed by atoms with Crippen molar-refractivity contribution in [2.45, 2.75) is 24.7 Å². The van der Waals surface area contributed by atoms with Crippen LogP contribution in [-0.4, -0.2) is 63.9 Å². The number of aromatic nitrogens is 4. The smallest absolute Gasteiger partial charge is 0.372 e. The molecule has 12 heteroatoms. The van der Waals surface area contributed by atoms with Gasteiger partial charge in [-0.3, -0.25) is 4.79 Å². The number of halogens is 4. The molecule has 4 rings (SSSR count). The van der Waals surface area contributed by atoms with Gasteiger partial charge in [-0.05, 0) is 12.1 Å². The number of H-pyrrole nitrogens is 1. The lowest BCUT2D eigenvalue weighted by Gasteiger charge is -2.25. The minimum Gasteiger partial charge on any atom is -0.372 e. The lowest BCUT2D eigenvalue weighted by atomic mass is 10.2. The second-order valence-corrected chi connectivity index (χ2v) is 7.91. The van der Waals surface area contributed by atoms with Crippen LogP contribution in [0.25, 0.3) is 22.4 Å². The first kappa shape index (κ1) is 23.0. The molecule has 1 aliphatic heterocycles. The highest BCUT2D eigenvalue weighted by atomic mass is 35.5.